The van der Waals surface area contributed by atoms with Gasteiger partial charge in [-0.2, -0.15) is 0 Å². The summed E-state index contributed by atoms with van der Waals surface area (Å²) in [5, 5.41) is 12.3. The van der Waals surface area contributed by atoms with Crippen molar-refractivity contribution in [3.8, 4) is 16.9 Å². The first-order valence-electron chi connectivity index (χ1n) is 11.2. The molecular weight excluding hydrogens is 460 g/mol. The monoisotopic (exact) mass is 484 g/mol. The number of hydrogen-bond acceptors (Lipinski definition) is 4. The van der Waals surface area contributed by atoms with Crippen molar-refractivity contribution in [3.63, 3.8) is 0 Å². The summed E-state index contributed by atoms with van der Waals surface area (Å²) in [5.41, 5.74) is 7.31. The van der Waals surface area contributed by atoms with E-state index in [0.29, 0.717) is 18.0 Å². The summed E-state index contributed by atoms with van der Waals surface area (Å²) in [6.45, 7) is 4.67. The third-order valence-corrected chi connectivity index (χ3v) is 7.05. The van der Waals surface area contributed by atoms with Crippen molar-refractivity contribution in [1.29, 1.82) is 0 Å². The number of aromatic carboxylic acids is 1. The molecule has 0 aliphatic rings. The lowest BCUT2D eigenvalue weighted by Crippen LogP contribution is -2.18. The topological polar surface area (TPSA) is 89.2 Å². The molecule has 3 heterocycles. The standard InChI is InChI=1S/C27H24N4O3S/c1-17-11-21(30-10-9-28-16-30)7-8-22(17)23-12-25-24(13-26(35-25)27(33)34)31(23)15-20-5-3-19(4-6-20)14-29-18(2)32/h3-13,16H,14-15H2,1-2H3,(H,29,32)(H,33,34). The van der Waals surface area contributed by atoms with Crippen molar-refractivity contribution < 1.29 is 14.7 Å². The molecule has 5 aromatic rings. The Morgan fingerprint density at radius 2 is 1.83 bits per heavy atom. The van der Waals surface area contributed by atoms with Gasteiger partial charge in [-0.05, 0) is 47.9 Å². The van der Waals surface area contributed by atoms with Gasteiger partial charge in [-0.15, -0.1) is 11.3 Å². The van der Waals surface area contributed by atoms with Crippen LogP contribution in [-0.2, 0) is 17.9 Å². The molecule has 7 nitrogen and oxygen atoms in total. The van der Waals surface area contributed by atoms with E-state index in [-0.39, 0.29) is 5.91 Å². The minimum atomic E-state index is -0.914. The van der Waals surface area contributed by atoms with E-state index in [0.717, 1.165) is 43.9 Å². The van der Waals surface area contributed by atoms with Gasteiger partial charge in [0.15, 0.2) is 0 Å². The van der Waals surface area contributed by atoms with E-state index in [9.17, 15) is 14.7 Å². The zero-order chi connectivity index (χ0) is 24.5. The van der Waals surface area contributed by atoms with Gasteiger partial charge in [0.2, 0.25) is 5.91 Å². The molecule has 0 bridgehead atoms. The van der Waals surface area contributed by atoms with Crippen LogP contribution in [0, 0.1) is 6.92 Å². The molecule has 5 rings (SSSR count). The molecule has 0 atom stereocenters. The molecule has 0 aliphatic heterocycles. The maximum atomic E-state index is 11.6. The van der Waals surface area contributed by atoms with E-state index in [1.807, 2.05) is 35.0 Å². The summed E-state index contributed by atoms with van der Waals surface area (Å²) in [5.74, 6) is -0.975. The first kappa shape index (κ1) is 22.6. The zero-order valence-corrected chi connectivity index (χ0v) is 20.2. The molecule has 0 saturated heterocycles. The van der Waals surface area contributed by atoms with Crippen LogP contribution in [0.3, 0.4) is 0 Å². The van der Waals surface area contributed by atoms with Gasteiger partial charge < -0.3 is 19.6 Å². The van der Waals surface area contributed by atoms with E-state index < -0.39 is 5.97 Å². The SMILES string of the molecule is CC(=O)NCc1ccc(Cn2c(-c3ccc(-n4ccnc4)cc3C)cc3sc(C(=O)O)cc32)cc1. The van der Waals surface area contributed by atoms with Crippen molar-refractivity contribution in [2.45, 2.75) is 26.9 Å². The number of carboxylic acids is 1. The van der Waals surface area contributed by atoms with Crippen LogP contribution in [0.5, 0.6) is 0 Å². The minimum absolute atomic E-state index is 0.0606. The van der Waals surface area contributed by atoms with Gasteiger partial charge in [-0.3, -0.25) is 4.79 Å². The highest BCUT2D eigenvalue weighted by Crippen LogP contribution is 2.36. The number of nitrogens with one attached hydrogen (secondary N) is 1. The second-order valence-electron chi connectivity index (χ2n) is 8.48. The fourth-order valence-electron chi connectivity index (χ4n) is 4.22. The Morgan fingerprint density at radius 1 is 1.06 bits per heavy atom. The number of carbonyl (C=O) groups is 2. The molecule has 35 heavy (non-hydrogen) atoms. The number of aromatic nitrogens is 3. The van der Waals surface area contributed by atoms with Crippen molar-refractivity contribution in [2.24, 2.45) is 0 Å². The number of hydrogen-bond donors (Lipinski definition) is 2. The number of imidazole rings is 1. The van der Waals surface area contributed by atoms with E-state index in [1.165, 1.54) is 18.3 Å². The number of aryl methyl sites for hydroxylation is 1. The Balaban J connectivity index is 1.54. The van der Waals surface area contributed by atoms with E-state index in [1.54, 1.807) is 18.6 Å². The fraction of sp³-hybridized carbons (Fsp3) is 0.148. The molecule has 0 spiro atoms. The highest BCUT2D eigenvalue weighted by Gasteiger charge is 2.18. The van der Waals surface area contributed by atoms with Crippen LogP contribution in [-0.4, -0.2) is 31.1 Å². The first-order valence-corrected chi connectivity index (χ1v) is 12.0. The molecule has 0 saturated carbocycles. The quantitative estimate of drug-likeness (QED) is 0.330. The Kier molecular flexibility index (Phi) is 5.96. The number of carbonyl (C=O) groups excluding carboxylic acids is 1. The summed E-state index contributed by atoms with van der Waals surface area (Å²) >= 11 is 1.29. The van der Waals surface area contributed by atoms with Gasteiger partial charge in [0.05, 0.1) is 22.2 Å². The van der Waals surface area contributed by atoms with Gasteiger partial charge in [0.1, 0.15) is 4.88 Å². The van der Waals surface area contributed by atoms with Crippen LogP contribution >= 0.6 is 11.3 Å². The van der Waals surface area contributed by atoms with E-state index in [4.69, 9.17) is 0 Å². The van der Waals surface area contributed by atoms with Crippen LogP contribution < -0.4 is 5.32 Å². The average molecular weight is 485 g/mol. The molecule has 0 unspecified atom stereocenters. The van der Waals surface area contributed by atoms with Crippen LogP contribution in [0.1, 0.15) is 33.3 Å². The fourth-order valence-corrected chi connectivity index (χ4v) is 5.16. The normalized spacial score (nSPS) is 11.1. The first-order chi connectivity index (χ1) is 16.9. The Labute approximate surface area is 206 Å². The van der Waals surface area contributed by atoms with Gasteiger partial charge >= 0.3 is 5.97 Å². The van der Waals surface area contributed by atoms with E-state index in [2.05, 4.69) is 46.1 Å². The summed E-state index contributed by atoms with van der Waals surface area (Å²) in [6.07, 6.45) is 5.44. The van der Waals surface area contributed by atoms with Crippen molar-refractivity contribution in [2.75, 3.05) is 0 Å². The summed E-state index contributed by atoms with van der Waals surface area (Å²) in [4.78, 5) is 27.3. The Bertz CT molecular complexity index is 1530. The van der Waals surface area contributed by atoms with Crippen molar-refractivity contribution in [3.05, 3.63) is 94.9 Å². The predicted molar refractivity (Wildman–Crippen MR) is 137 cm³/mol. The Morgan fingerprint density at radius 3 is 2.49 bits per heavy atom. The van der Waals surface area contributed by atoms with Crippen LogP contribution in [0.15, 0.2) is 73.3 Å². The molecule has 176 valence electrons. The number of carboxylic acid groups (broad SMARTS) is 1. The summed E-state index contributed by atoms with van der Waals surface area (Å²) in [6, 6.07) is 18.2. The lowest BCUT2D eigenvalue weighted by Gasteiger charge is -2.14. The molecule has 2 aromatic carbocycles. The third-order valence-electron chi connectivity index (χ3n) is 5.99. The number of benzene rings is 2. The largest absolute Gasteiger partial charge is 0.477 e. The predicted octanol–water partition coefficient (Wildman–Crippen LogP) is 5.25. The highest BCUT2D eigenvalue weighted by atomic mass is 32.1. The van der Waals surface area contributed by atoms with Crippen molar-refractivity contribution in [1.82, 2.24) is 19.4 Å². The number of fused-ring (bicyclic) bond motifs is 1. The number of thiophene rings is 1. The molecule has 3 aromatic heterocycles. The van der Waals surface area contributed by atoms with Gasteiger partial charge in [0.25, 0.3) is 0 Å². The number of nitrogens with zero attached hydrogens (tertiary/aromatic N) is 3. The molecule has 0 aliphatic carbocycles. The highest BCUT2D eigenvalue weighted by molar-refractivity contribution is 7.20. The lowest BCUT2D eigenvalue weighted by atomic mass is 10.0. The third kappa shape index (κ3) is 4.61. The summed E-state index contributed by atoms with van der Waals surface area (Å²) < 4.78 is 5.09. The van der Waals surface area contributed by atoms with E-state index >= 15 is 0 Å². The maximum absolute atomic E-state index is 11.6. The van der Waals surface area contributed by atoms with Crippen LogP contribution in [0.25, 0.3) is 27.2 Å². The molecule has 0 fully saturated rings. The molecule has 8 heteroatoms. The number of amides is 1. The molecule has 2 N–H and O–H groups in total. The lowest BCUT2D eigenvalue weighted by molar-refractivity contribution is -0.119. The van der Waals surface area contributed by atoms with Crippen molar-refractivity contribution >= 4 is 33.4 Å². The molecule has 1 amide bonds. The second-order valence-corrected chi connectivity index (χ2v) is 9.56. The summed E-state index contributed by atoms with van der Waals surface area (Å²) in [7, 11) is 0. The minimum Gasteiger partial charge on any atom is -0.477 e. The second kappa shape index (κ2) is 9.23. The Hall–Kier alpha value is -4.17. The molecular formula is C27H24N4O3S. The maximum Gasteiger partial charge on any atom is 0.345 e. The van der Waals surface area contributed by atoms with Crippen LogP contribution in [0.2, 0.25) is 0 Å². The smallest absolute Gasteiger partial charge is 0.345 e. The zero-order valence-electron chi connectivity index (χ0n) is 19.4. The number of rotatable bonds is 7. The van der Waals surface area contributed by atoms with Gasteiger partial charge in [-0.25, -0.2) is 9.78 Å². The average Bonchev–Trinajstić information content (AvgIpc) is 3.57. The molecule has 0 radical (unpaired) electrons. The van der Waals surface area contributed by atoms with Gasteiger partial charge in [0, 0.05) is 43.7 Å². The van der Waals surface area contributed by atoms with Gasteiger partial charge in [-0.1, -0.05) is 30.3 Å². The van der Waals surface area contributed by atoms with Crippen LogP contribution in [0.4, 0.5) is 0 Å².